The molecule has 78 valence electrons. The molecule has 0 fully saturated rings. The predicted molar refractivity (Wildman–Crippen MR) is 40.3 cm³/mol. The van der Waals surface area contributed by atoms with E-state index in [4.69, 9.17) is 5.11 Å². The van der Waals surface area contributed by atoms with E-state index < -0.39 is 40.6 Å². The van der Waals surface area contributed by atoms with Crippen LogP contribution in [-0.4, -0.2) is 62.5 Å². The van der Waals surface area contributed by atoms with Crippen molar-refractivity contribution >= 4 is 57.4 Å². The first-order valence-electron chi connectivity index (χ1n) is 3.12. The summed E-state index contributed by atoms with van der Waals surface area (Å²) in [6, 6.07) is 0. The maximum atomic E-state index is 12.6. The zero-order valence-electron chi connectivity index (χ0n) is 6.25. The summed E-state index contributed by atoms with van der Waals surface area (Å²) in [5.74, 6) is -13.9. The quantitative estimate of drug-likeness (QED) is 0.355. The third kappa shape index (κ3) is 2.56. The maximum absolute atomic E-state index is 12.6. The number of rotatable bonds is 1. The number of hydrogen-bond donors (Lipinski definition) is 1. The van der Waals surface area contributed by atoms with Crippen molar-refractivity contribution in [2.45, 2.75) is 0 Å². The van der Waals surface area contributed by atoms with Gasteiger partial charge in [0, 0.05) is 0 Å². The number of halogens is 5. The van der Waals surface area contributed by atoms with Crippen molar-refractivity contribution in [2.75, 3.05) is 0 Å². The molecule has 0 saturated heterocycles. The Hall–Kier alpha value is -0.0236. The molecule has 1 aromatic carbocycles. The topological polar surface area (TPSA) is 37.3 Å². The van der Waals surface area contributed by atoms with Crippen LogP contribution < -0.4 is 0 Å². The fourth-order valence-corrected chi connectivity index (χ4v) is 0.793. The molecule has 0 spiro atoms. The molecule has 1 N–H and O–H groups in total. The molecule has 1 aromatic rings. The first-order valence-corrected chi connectivity index (χ1v) is 3.12. The number of carboxylic acids is 1. The van der Waals surface area contributed by atoms with Crippen molar-refractivity contribution in [3.05, 3.63) is 34.6 Å². The van der Waals surface area contributed by atoms with Crippen molar-refractivity contribution < 1.29 is 31.9 Å². The van der Waals surface area contributed by atoms with Crippen LogP contribution in [-0.2, 0) is 0 Å². The number of carbonyl (C=O) groups is 1. The van der Waals surface area contributed by atoms with Gasteiger partial charge in [-0.15, -0.1) is 0 Å². The van der Waals surface area contributed by atoms with E-state index in [-0.39, 0.29) is 51.4 Å². The molecule has 0 bridgehead atoms. The number of carboxylic acid groups (broad SMARTS) is 1. The SMILES string of the molecule is O=C(O)c1c(F)c(F)c(F)c(F)c1F.[KH]. The van der Waals surface area contributed by atoms with Crippen LogP contribution in [0, 0.1) is 29.1 Å². The number of benzene rings is 1. The Morgan fingerprint density at radius 1 is 0.800 bits per heavy atom. The van der Waals surface area contributed by atoms with Crippen LogP contribution in [0.4, 0.5) is 22.0 Å². The summed E-state index contributed by atoms with van der Waals surface area (Å²) in [6.45, 7) is 0. The molecule has 0 heterocycles. The van der Waals surface area contributed by atoms with Gasteiger partial charge >= 0.3 is 57.4 Å². The summed E-state index contributed by atoms with van der Waals surface area (Å²) in [6.07, 6.45) is 0. The Morgan fingerprint density at radius 3 is 1.33 bits per heavy atom. The molecule has 0 radical (unpaired) electrons. The van der Waals surface area contributed by atoms with Crippen LogP contribution in [0.3, 0.4) is 0 Å². The van der Waals surface area contributed by atoms with Crippen molar-refractivity contribution in [3.8, 4) is 0 Å². The summed E-state index contributed by atoms with van der Waals surface area (Å²) < 4.78 is 62.1. The molecule has 0 aliphatic carbocycles. The van der Waals surface area contributed by atoms with Gasteiger partial charge in [0.05, 0.1) is 0 Å². The van der Waals surface area contributed by atoms with Crippen LogP contribution in [0.15, 0.2) is 0 Å². The normalized spacial score (nSPS) is 9.67. The summed E-state index contributed by atoms with van der Waals surface area (Å²) in [7, 11) is 0. The van der Waals surface area contributed by atoms with Crippen molar-refractivity contribution in [1.82, 2.24) is 0 Å². The van der Waals surface area contributed by atoms with Gasteiger partial charge in [0.1, 0.15) is 5.56 Å². The van der Waals surface area contributed by atoms with Gasteiger partial charge in [0.15, 0.2) is 23.3 Å². The average Bonchev–Trinajstić information content (AvgIpc) is 2.11. The second kappa shape index (κ2) is 5.35. The molecule has 8 heteroatoms. The zero-order chi connectivity index (χ0) is 11.0. The van der Waals surface area contributed by atoms with Gasteiger partial charge in [-0.25, -0.2) is 26.7 Å². The molecule has 2 nitrogen and oxygen atoms in total. The van der Waals surface area contributed by atoms with E-state index in [1.807, 2.05) is 0 Å². The Kier molecular flexibility index (Phi) is 5.34. The Labute approximate surface area is 123 Å². The molecule has 0 unspecified atom stereocenters. The van der Waals surface area contributed by atoms with E-state index in [1.165, 1.54) is 0 Å². The van der Waals surface area contributed by atoms with Crippen molar-refractivity contribution in [3.63, 3.8) is 0 Å². The minimum atomic E-state index is -2.38. The van der Waals surface area contributed by atoms with E-state index in [0.717, 1.165) is 0 Å². The monoisotopic (exact) mass is 252 g/mol. The molecular weight excluding hydrogens is 250 g/mol. The van der Waals surface area contributed by atoms with Crippen LogP contribution >= 0.6 is 0 Å². The van der Waals surface area contributed by atoms with Crippen LogP contribution in [0.2, 0.25) is 0 Å². The fraction of sp³-hybridized carbons (Fsp3) is 0. The second-order valence-electron chi connectivity index (χ2n) is 2.25. The molecule has 15 heavy (non-hydrogen) atoms. The van der Waals surface area contributed by atoms with Gasteiger partial charge in [-0.05, 0) is 0 Å². The average molecular weight is 252 g/mol. The van der Waals surface area contributed by atoms with Crippen molar-refractivity contribution in [2.24, 2.45) is 0 Å². The summed E-state index contributed by atoms with van der Waals surface area (Å²) in [5, 5.41) is 8.15. The molecule has 0 saturated carbocycles. The summed E-state index contributed by atoms with van der Waals surface area (Å²) in [4.78, 5) is 10.1. The third-order valence-electron chi connectivity index (χ3n) is 1.42. The van der Waals surface area contributed by atoms with Gasteiger partial charge in [0.2, 0.25) is 5.82 Å². The molecular formula is C7H2F5KO2. The van der Waals surface area contributed by atoms with Gasteiger partial charge in [-0.1, -0.05) is 0 Å². The van der Waals surface area contributed by atoms with Crippen LogP contribution in [0.1, 0.15) is 10.4 Å². The fourth-order valence-electron chi connectivity index (χ4n) is 0.793. The minimum absolute atomic E-state index is 0. The zero-order valence-corrected chi connectivity index (χ0v) is 6.25. The Morgan fingerprint density at radius 2 is 1.07 bits per heavy atom. The summed E-state index contributed by atoms with van der Waals surface area (Å²) in [5.41, 5.74) is -1.86. The Balaban J connectivity index is 0.00000196. The van der Waals surface area contributed by atoms with Crippen LogP contribution in [0.25, 0.3) is 0 Å². The molecule has 0 aliphatic rings. The van der Waals surface area contributed by atoms with E-state index in [1.54, 1.807) is 0 Å². The van der Waals surface area contributed by atoms with Gasteiger partial charge in [0.25, 0.3) is 0 Å². The van der Waals surface area contributed by atoms with E-state index in [9.17, 15) is 26.7 Å². The van der Waals surface area contributed by atoms with Gasteiger partial charge < -0.3 is 5.11 Å². The Bertz CT molecular complexity index is 391. The predicted octanol–water partition coefficient (Wildman–Crippen LogP) is 1.43. The molecule has 0 aliphatic heterocycles. The molecule has 0 aromatic heterocycles. The molecule has 1 rings (SSSR count). The van der Waals surface area contributed by atoms with E-state index in [0.29, 0.717) is 0 Å². The van der Waals surface area contributed by atoms with Gasteiger partial charge in [-0.2, -0.15) is 0 Å². The van der Waals surface area contributed by atoms with E-state index in [2.05, 4.69) is 0 Å². The number of hydrogen-bond acceptors (Lipinski definition) is 1. The third-order valence-corrected chi connectivity index (χ3v) is 1.42. The van der Waals surface area contributed by atoms with Gasteiger partial charge in [-0.3, -0.25) is 0 Å². The second-order valence-corrected chi connectivity index (χ2v) is 2.25. The first kappa shape index (κ1) is 15.0. The first-order chi connectivity index (χ1) is 6.37. The summed E-state index contributed by atoms with van der Waals surface area (Å²) >= 11 is 0. The van der Waals surface area contributed by atoms with Crippen LogP contribution in [0.5, 0.6) is 0 Å². The molecule has 0 amide bonds. The standard InChI is InChI=1S/C7HF5O2.K.H/c8-2-1(7(13)14)3(9)5(11)6(12)4(2)10;;/h(H,13,14);;. The number of aromatic carboxylic acids is 1. The molecule has 0 atom stereocenters. The van der Waals surface area contributed by atoms with Crippen molar-refractivity contribution in [1.29, 1.82) is 0 Å². The van der Waals surface area contributed by atoms with E-state index >= 15 is 0 Å².